The zero-order valence-corrected chi connectivity index (χ0v) is 29.0. The van der Waals surface area contributed by atoms with Crippen molar-refractivity contribution in [2.45, 2.75) is 156 Å². The second kappa shape index (κ2) is 16.5. The summed E-state index contributed by atoms with van der Waals surface area (Å²) in [4.78, 5) is 0. The van der Waals surface area contributed by atoms with Gasteiger partial charge in [0.15, 0.2) is 0 Å². The molecule has 0 aliphatic heterocycles. The Morgan fingerprint density at radius 3 is 1.33 bits per heavy atom. The van der Waals surface area contributed by atoms with Crippen LogP contribution in [0.5, 0.6) is 5.75 Å². The van der Waals surface area contributed by atoms with E-state index in [9.17, 15) is 5.11 Å². The third-order valence-electron chi connectivity index (χ3n) is 9.66. The van der Waals surface area contributed by atoms with Crippen molar-refractivity contribution < 1.29 is 5.11 Å². The minimum Gasteiger partial charge on any atom is -0.508 e. The van der Waals surface area contributed by atoms with Gasteiger partial charge in [-0.15, -0.1) is 0 Å². The SMILES string of the molecule is CCCCc1cccc(C(C)(C)Cc2cccc(O)c2CC(C)(C)c2cccc(CCCC)c2CCCC)c1CCCC. The van der Waals surface area contributed by atoms with E-state index in [1.807, 2.05) is 12.1 Å². The first kappa shape index (κ1) is 34.9. The van der Waals surface area contributed by atoms with E-state index in [1.165, 1.54) is 80.0 Å². The zero-order valence-electron chi connectivity index (χ0n) is 29.0. The van der Waals surface area contributed by atoms with Crippen molar-refractivity contribution in [3.8, 4) is 5.75 Å². The number of phenolic OH excluding ortho intramolecular Hbond substituents is 1. The quantitative estimate of drug-likeness (QED) is 0.158. The summed E-state index contributed by atoms with van der Waals surface area (Å²) in [6.07, 6.45) is 16.2. The van der Waals surface area contributed by atoms with Gasteiger partial charge in [-0.25, -0.2) is 0 Å². The van der Waals surface area contributed by atoms with Crippen LogP contribution in [0.2, 0.25) is 0 Å². The molecule has 0 saturated carbocycles. The van der Waals surface area contributed by atoms with Gasteiger partial charge in [-0.05, 0) is 126 Å². The highest BCUT2D eigenvalue weighted by molar-refractivity contribution is 5.47. The van der Waals surface area contributed by atoms with Crippen LogP contribution in [0, 0.1) is 0 Å². The van der Waals surface area contributed by atoms with E-state index in [0.29, 0.717) is 5.75 Å². The average Bonchev–Trinajstić information content (AvgIpc) is 2.98. The van der Waals surface area contributed by atoms with Crippen LogP contribution >= 0.6 is 0 Å². The van der Waals surface area contributed by atoms with Crippen LogP contribution in [-0.4, -0.2) is 5.11 Å². The number of hydrogen-bond donors (Lipinski definition) is 1. The lowest BCUT2D eigenvalue weighted by Gasteiger charge is -2.33. The van der Waals surface area contributed by atoms with Crippen molar-refractivity contribution in [3.63, 3.8) is 0 Å². The summed E-state index contributed by atoms with van der Waals surface area (Å²) in [7, 11) is 0. The molecular weight excluding hydrogens is 520 g/mol. The molecule has 0 unspecified atom stereocenters. The molecule has 1 N–H and O–H groups in total. The summed E-state index contributed by atoms with van der Waals surface area (Å²) >= 11 is 0. The van der Waals surface area contributed by atoms with Crippen molar-refractivity contribution in [2.75, 3.05) is 0 Å². The summed E-state index contributed by atoms with van der Waals surface area (Å²) < 4.78 is 0. The normalized spacial score (nSPS) is 12.2. The zero-order chi connectivity index (χ0) is 31.5. The Bertz CT molecular complexity index is 1280. The molecule has 0 heterocycles. The highest BCUT2D eigenvalue weighted by Crippen LogP contribution is 2.40. The summed E-state index contributed by atoms with van der Waals surface area (Å²) in [5.41, 5.74) is 11.5. The van der Waals surface area contributed by atoms with Gasteiger partial charge >= 0.3 is 0 Å². The second-order valence-electron chi connectivity index (χ2n) is 14.3. The second-order valence-corrected chi connectivity index (χ2v) is 14.3. The predicted molar refractivity (Wildman–Crippen MR) is 189 cm³/mol. The molecule has 3 rings (SSSR count). The molecule has 0 fully saturated rings. The summed E-state index contributed by atoms with van der Waals surface area (Å²) in [6.45, 7) is 18.8. The number of unbranched alkanes of at least 4 members (excludes halogenated alkanes) is 4. The van der Waals surface area contributed by atoms with E-state index in [4.69, 9.17) is 0 Å². The van der Waals surface area contributed by atoms with Gasteiger partial charge < -0.3 is 5.11 Å². The average molecular weight is 583 g/mol. The van der Waals surface area contributed by atoms with Gasteiger partial charge in [0.25, 0.3) is 0 Å². The monoisotopic (exact) mass is 582 g/mol. The van der Waals surface area contributed by atoms with E-state index in [-0.39, 0.29) is 10.8 Å². The van der Waals surface area contributed by atoms with E-state index in [0.717, 1.165) is 37.7 Å². The molecule has 0 spiro atoms. The van der Waals surface area contributed by atoms with Crippen molar-refractivity contribution in [1.82, 2.24) is 0 Å². The Morgan fingerprint density at radius 2 is 0.860 bits per heavy atom. The van der Waals surface area contributed by atoms with Gasteiger partial charge in [-0.2, -0.15) is 0 Å². The van der Waals surface area contributed by atoms with Crippen LogP contribution in [0.15, 0.2) is 54.6 Å². The van der Waals surface area contributed by atoms with Crippen LogP contribution in [-0.2, 0) is 49.4 Å². The number of phenols is 1. The Morgan fingerprint density at radius 1 is 0.465 bits per heavy atom. The lowest BCUT2D eigenvalue weighted by atomic mass is 9.71. The van der Waals surface area contributed by atoms with Crippen LogP contribution in [0.3, 0.4) is 0 Å². The van der Waals surface area contributed by atoms with Gasteiger partial charge in [-0.1, -0.05) is 130 Å². The highest BCUT2D eigenvalue weighted by Gasteiger charge is 2.30. The maximum atomic E-state index is 11.4. The van der Waals surface area contributed by atoms with E-state index in [2.05, 4.69) is 97.9 Å². The highest BCUT2D eigenvalue weighted by atomic mass is 16.3. The Hall–Kier alpha value is -2.54. The molecule has 0 radical (unpaired) electrons. The van der Waals surface area contributed by atoms with E-state index >= 15 is 0 Å². The number of benzene rings is 3. The van der Waals surface area contributed by atoms with Crippen molar-refractivity contribution in [3.05, 3.63) is 99.1 Å². The molecule has 3 aromatic rings. The fraction of sp³-hybridized carbons (Fsp3) is 0.571. The lowest BCUT2D eigenvalue weighted by molar-refractivity contribution is 0.442. The molecule has 1 heteroatoms. The molecule has 0 amide bonds. The fourth-order valence-electron chi connectivity index (χ4n) is 7.14. The molecular formula is C42H62O. The fourth-order valence-corrected chi connectivity index (χ4v) is 7.14. The lowest BCUT2D eigenvalue weighted by Crippen LogP contribution is -2.27. The van der Waals surface area contributed by atoms with Gasteiger partial charge in [0.1, 0.15) is 5.75 Å². The molecule has 3 aromatic carbocycles. The third-order valence-corrected chi connectivity index (χ3v) is 9.66. The summed E-state index contributed by atoms with van der Waals surface area (Å²) in [6, 6.07) is 20.3. The summed E-state index contributed by atoms with van der Waals surface area (Å²) in [5, 5.41) is 11.4. The first-order valence-electron chi connectivity index (χ1n) is 17.6. The predicted octanol–water partition coefficient (Wildman–Crippen LogP) is 11.8. The standard InChI is InChI=1S/C42H62O/c1-9-13-20-32-22-17-27-38(35(32)25-15-11-3)41(5,6)30-34-24-19-29-40(43)37(34)31-42(7,8)39-28-18-23-33(21-14-10-2)36(39)26-16-12-4/h17-19,22-24,27-29,43H,9-16,20-21,25-26,30-31H2,1-8H3. The molecule has 43 heavy (non-hydrogen) atoms. The maximum absolute atomic E-state index is 11.4. The summed E-state index contributed by atoms with van der Waals surface area (Å²) in [5.74, 6) is 0.446. The van der Waals surface area contributed by atoms with Gasteiger partial charge in [0.2, 0.25) is 0 Å². The first-order valence-corrected chi connectivity index (χ1v) is 17.6. The molecule has 0 saturated heterocycles. The van der Waals surface area contributed by atoms with Crippen LogP contribution in [0.25, 0.3) is 0 Å². The molecule has 236 valence electrons. The number of aromatic hydroxyl groups is 1. The van der Waals surface area contributed by atoms with Crippen LogP contribution in [0.4, 0.5) is 0 Å². The van der Waals surface area contributed by atoms with E-state index in [1.54, 1.807) is 16.7 Å². The maximum Gasteiger partial charge on any atom is 0.119 e. The van der Waals surface area contributed by atoms with E-state index < -0.39 is 0 Å². The largest absolute Gasteiger partial charge is 0.508 e. The van der Waals surface area contributed by atoms with Crippen molar-refractivity contribution >= 4 is 0 Å². The Balaban J connectivity index is 2.02. The molecule has 0 aliphatic carbocycles. The first-order chi connectivity index (χ1) is 20.6. The minimum absolute atomic E-state index is 0.0374. The number of hydrogen-bond acceptors (Lipinski definition) is 1. The topological polar surface area (TPSA) is 20.2 Å². The smallest absolute Gasteiger partial charge is 0.119 e. The van der Waals surface area contributed by atoms with Crippen molar-refractivity contribution in [1.29, 1.82) is 0 Å². The van der Waals surface area contributed by atoms with Crippen LogP contribution < -0.4 is 0 Å². The number of rotatable bonds is 18. The molecule has 0 aliphatic rings. The van der Waals surface area contributed by atoms with Gasteiger partial charge in [-0.3, -0.25) is 0 Å². The molecule has 0 atom stereocenters. The minimum atomic E-state index is -0.0879. The molecule has 0 bridgehead atoms. The van der Waals surface area contributed by atoms with Gasteiger partial charge in [0, 0.05) is 0 Å². The Kier molecular flexibility index (Phi) is 13.4. The number of aryl methyl sites for hydroxylation is 2. The van der Waals surface area contributed by atoms with Crippen molar-refractivity contribution in [2.24, 2.45) is 0 Å². The molecule has 0 aromatic heterocycles. The van der Waals surface area contributed by atoms with Gasteiger partial charge in [0.05, 0.1) is 0 Å². The third kappa shape index (κ3) is 9.23. The van der Waals surface area contributed by atoms with Crippen LogP contribution in [0.1, 0.15) is 151 Å². The Labute approximate surface area is 265 Å². The molecule has 1 nitrogen and oxygen atoms in total.